The van der Waals surface area contributed by atoms with Crippen LogP contribution in [0.3, 0.4) is 0 Å². The number of nitrogens with one attached hydrogen (secondary N) is 4. The van der Waals surface area contributed by atoms with Crippen molar-refractivity contribution in [3.63, 3.8) is 0 Å². The summed E-state index contributed by atoms with van der Waals surface area (Å²) in [5.74, 6) is -5.56. The van der Waals surface area contributed by atoms with Crippen LogP contribution in [0.5, 0.6) is 0 Å². The standard InChI is InChI=1S/C54H66N10O18S/c1-32(65)58-47-49(79-35(4)68)48(78-34(3)67)45(31-77-33(2)66)80-51(47)81-53(54(6,82-36(5)69)52(71)56-24-23-55-44-13-9-12-43-42(44)11-10-14-46(43)83(72,73)74)76-28-27-75-26-25-64-30-40(61-62-64)29-57-50(70)37-15-17-38(18-16-37)59-60-39-19-21-41(22-20-39)63(7)8/h9-22,30,45,47-49,51,53,55H,23-29,31H2,1-8H3,(H,56,71)(H,57,70)(H,58,65)(H,72,73,74)/t45-,47-,48-,49-,51+,53?,54?/m1/s1. The van der Waals surface area contributed by atoms with E-state index in [2.05, 4.69) is 41.8 Å². The largest absolute Gasteiger partial charge is 0.463 e. The van der Waals surface area contributed by atoms with Gasteiger partial charge in [0.1, 0.15) is 29.3 Å². The Hall–Kier alpha value is -8.48. The minimum absolute atomic E-state index is 0.00677. The van der Waals surface area contributed by atoms with Gasteiger partial charge in [0.25, 0.3) is 21.9 Å². The van der Waals surface area contributed by atoms with Crippen molar-refractivity contribution < 1.29 is 84.4 Å². The summed E-state index contributed by atoms with van der Waals surface area (Å²) in [5.41, 5.74) is 1.12. The van der Waals surface area contributed by atoms with Crippen molar-refractivity contribution in [3.05, 3.63) is 102 Å². The number of hydrogen-bond donors (Lipinski definition) is 5. The number of hydrogen-bond acceptors (Lipinski definition) is 23. The highest BCUT2D eigenvalue weighted by Crippen LogP contribution is 2.33. The molecule has 0 spiro atoms. The number of anilines is 2. The van der Waals surface area contributed by atoms with Crippen LogP contribution in [-0.2, 0) is 89.9 Å². The number of fused-ring (bicyclic) bond motifs is 1. The van der Waals surface area contributed by atoms with E-state index in [4.69, 9.17) is 37.9 Å². The molecule has 5 N–H and O–H groups in total. The number of nitrogens with zero attached hydrogens (tertiary/aromatic N) is 6. The molecule has 0 aliphatic carbocycles. The van der Waals surface area contributed by atoms with Crippen molar-refractivity contribution >= 4 is 85.2 Å². The molecule has 29 heteroatoms. The summed E-state index contributed by atoms with van der Waals surface area (Å²) in [5, 5.41) is 28.6. The van der Waals surface area contributed by atoms with Gasteiger partial charge in [-0.15, -0.1) is 5.10 Å². The molecule has 1 aromatic heterocycles. The molecule has 1 saturated heterocycles. The van der Waals surface area contributed by atoms with Gasteiger partial charge >= 0.3 is 23.9 Å². The Morgan fingerprint density at radius 2 is 1.43 bits per heavy atom. The highest BCUT2D eigenvalue weighted by molar-refractivity contribution is 7.86. The third kappa shape index (κ3) is 18.5. The average molecular weight is 1180 g/mol. The summed E-state index contributed by atoms with van der Waals surface area (Å²) < 4.78 is 82.1. The van der Waals surface area contributed by atoms with Crippen molar-refractivity contribution in [3.8, 4) is 0 Å². The number of azo groups is 1. The van der Waals surface area contributed by atoms with Crippen molar-refractivity contribution in [2.45, 2.75) is 102 Å². The Kier molecular flexibility index (Phi) is 22.6. The van der Waals surface area contributed by atoms with Gasteiger partial charge in [0.05, 0.1) is 50.5 Å². The van der Waals surface area contributed by atoms with Crippen LogP contribution < -0.4 is 26.2 Å². The van der Waals surface area contributed by atoms with Crippen LogP contribution in [0.25, 0.3) is 10.8 Å². The van der Waals surface area contributed by atoms with Crippen molar-refractivity contribution in [2.24, 2.45) is 10.2 Å². The van der Waals surface area contributed by atoms with Crippen LogP contribution >= 0.6 is 0 Å². The molecular weight excluding hydrogens is 1110 g/mol. The van der Waals surface area contributed by atoms with E-state index in [-0.39, 0.29) is 62.2 Å². The molecule has 0 radical (unpaired) electrons. The third-order valence-electron chi connectivity index (χ3n) is 12.2. The number of amides is 3. The van der Waals surface area contributed by atoms with E-state index >= 15 is 0 Å². The van der Waals surface area contributed by atoms with E-state index in [1.165, 1.54) is 29.8 Å². The number of esters is 4. The van der Waals surface area contributed by atoms with E-state index in [0.717, 1.165) is 40.3 Å². The van der Waals surface area contributed by atoms with Gasteiger partial charge in [-0.1, -0.05) is 29.5 Å². The topological polar surface area (TPSA) is 354 Å². The zero-order valence-corrected chi connectivity index (χ0v) is 47.6. The molecule has 446 valence electrons. The van der Waals surface area contributed by atoms with E-state index in [1.54, 1.807) is 48.7 Å². The lowest BCUT2D eigenvalue weighted by molar-refractivity contribution is -0.338. The minimum atomic E-state index is -4.57. The highest BCUT2D eigenvalue weighted by atomic mass is 32.2. The van der Waals surface area contributed by atoms with Crippen LogP contribution in [0.2, 0.25) is 0 Å². The first-order chi connectivity index (χ1) is 39.4. The quantitative estimate of drug-likeness (QED) is 0.0119. The molecule has 0 bridgehead atoms. The maximum atomic E-state index is 14.5. The molecule has 83 heavy (non-hydrogen) atoms. The lowest BCUT2D eigenvalue weighted by Gasteiger charge is -2.46. The number of rotatable bonds is 28. The molecule has 1 aliphatic heterocycles. The summed E-state index contributed by atoms with van der Waals surface area (Å²) in [6, 6.07) is 21.7. The second kappa shape index (κ2) is 29.5. The van der Waals surface area contributed by atoms with Crippen molar-refractivity contribution in [1.29, 1.82) is 0 Å². The Morgan fingerprint density at radius 1 is 0.783 bits per heavy atom. The molecule has 3 amide bonds. The second-order valence-electron chi connectivity index (χ2n) is 19.0. The van der Waals surface area contributed by atoms with Gasteiger partial charge in [-0.3, -0.25) is 38.1 Å². The third-order valence-corrected chi connectivity index (χ3v) is 13.1. The predicted octanol–water partition coefficient (Wildman–Crippen LogP) is 3.67. The van der Waals surface area contributed by atoms with Gasteiger partial charge in [-0.2, -0.15) is 18.6 Å². The van der Waals surface area contributed by atoms with Crippen LogP contribution in [-0.4, -0.2) is 166 Å². The molecule has 7 atom stereocenters. The Labute approximate surface area is 477 Å². The Balaban J connectivity index is 1.14. The maximum Gasteiger partial charge on any atom is 0.303 e. The predicted molar refractivity (Wildman–Crippen MR) is 294 cm³/mol. The summed E-state index contributed by atoms with van der Waals surface area (Å²) in [7, 11) is -0.687. The summed E-state index contributed by atoms with van der Waals surface area (Å²) in [6.45, 7) is 5.48. The van der Waals surface area contributed by atoms with Crippen molar-refractivity contribution in [1.82, 2.24) is 30.9 Å². The van der Waals surface area contributed by atoms with Gasteiger partial charge in [0.15, 0.2) is 18.5 Å². The van der Waals surface area contributed by atoms with Gasteiger partial charge in [-0.05, 0) is 67.6 Å². The number of benzene rings is 4. The van der Waals surface area contributed by atoms with Gasteiger partial charge in [0.2, 0.25) is 17.8 Å². The molecule has 0 saturated carbocycles. The molecule has 1 aliphatic rings. The first-order valence-corrected chi connectivity index (χ1v) is 27.3. The fourth-order valence-corrected chi connectivity index (χ4v) is 9.16. The average Bonchev–Trinajstić information content (AvgIpc) is 3.48. The van der Waals surface area contributed by atoms with E-state index < -0.39 is 95.0 Å². The Bertz CT molecular complexity index is 3230. The monoisotopic (exact) mass is 1170 g/mol. The molecule has 2 unspecified atom stereocenters. The minimum Gasteiger partial charge on any atom is -0.463 e. The highest BCUT2D eigenvalue weighted by Gasteiger charge is 2.55. The van der Waals surface area contributed by atoms with E-state index in [9.17, 15) is 46.5 Å². The normalized spacial score (nSPS) is 18.0. The van der Waals surface area contributed by atoms with Gasteiger partial charge in [0, 0.05) is 89.5 Å². The second-order valence-corrected chi connectivity index (χ2v) is 20.4. The molecule has 1 fully saturated rings. The SMILES string of the molecule is CC(=O)N[C@H]1[C@H](OC(OCCOCCn2cc(CNC(=O)c3ccc(N=Nc4ccc(N(C)C)cc4)cc3)nn2)C(C)(OC(C)=O)C(=O)NCCNc2cccc3c(S(=O)(=O)O)cccc23)O[C@H](COC(C)=O)[C@@H](OC(C)=O)[C@@H]1OC(C)=O. The lowest BCUT2D eigenvalue weighted by Crippen LogP contribution is -2.68. The summed E-state index contributed by atoms with van der Waals surface area (Å²) in [4.78, 5) is 91.9. The van der Waals surface area contributed by atoms with Gasteiger partial charge < -0.3 is 64.1 Å². The van der Waals surface area contributed by atoms with Crippen LogP contribution in [0.15, 0.2) is 106 Å². The number of carbonyl (C=O) groups excluding carboxylic acids is 7. The van der Waals surface area contributed by atoms with Crippen LogP contribution in [0.1, 0.15) is 57.6 Å². The van der Waals surface area contributed by atoms with Gasteiger partial charge in [-0.25, -0.2) is 4.68 Å². The summed E-state index contributed by atoms with van der Waals surface area (Å²) in [6.07, 6.45) is -6.70. The zero-order chi connectivity index (χ0) is 60.4. The molecule has 5 aromatic rings. The van der Waals surface area contributed by atoms with Crippen LogP contribution in [0.4, 0.5) is 22.7 Å². The number of carbonyl (C=O) groups is 7. The number of ether oxygens (including phenoxy) is 8. The lowest BCUT2D eigenvalue weighted by atomic mass is 9.95. The van der Waals surface area contributed by atoms with Crippen LogP contribution in [0, 0.1) is 0 Å². The fourth-order valence-electron chi connectivity index (χ4n) is 8.45. The molecule has 6 rings (SSSR count). The van der Waals surface area contributed by atoms with Crippen molar-refractivity contribution in [2.75, 3.05) is 63.8 Å². The summed E-state index contributed by atoms with van der Waals surface area (Å²) >= 11 is 0. The molecule has 28 nitrogen and oxygen atoms in total. The molecule has 4 aromatic carbocycles. The number of aromatic nitrogens is 3. The first-order valence-electron chi connectivity index (χ1n) is 25.8. The molecule has 2 heterocycles. The fraction of sp³-hybridized carbons (Fsp3) is 0.426. The maximum absolute atomic E-state index is 14.5. The smallest absolute Gasteiger partial charge is 0.303 e. The first kappa shape index (κ1) is 63.7. The van der Waals surface area contributed by atoms with E-state index in [1.807, 2.05) is 43.3 Å². The zero-order valence-electron chi connectivity index (χ0n) is 46.8. The molecular formula is C54H66N10O18S. The Morgan fingerprint density at radius 3 is 2.06 bits per heavy atom. The van der Waals surface area contributed by atoms with E-state index in [0.29, 0.717) is 33.7 Å².